The minimum Gasteiger partial charge on any atom is -0.350 e. The van der Waals surface area contributed by atoms with E-state index in [1.807, 2.05) is 72.8 Å². The summed E-state index contributed by atoms with van der Waals surface area (Å²) in [6, 6.07) is 23.8. The lowest BCUT2D eigenvalue weighted by Gasteiger charge is -2.33. The van der Waals surface area contributed by atoms with Crippen molar-refractivity contribution < 1.29 is 14.4 Å². The maximum Gasteiger partial charge on any atom is 0.269 e. The van der Waals surface area contributed by atoms with Crippen molar-refractivity contribution in [1.82, 2.24) is 5.32 Å². The van der Waals surface area contributed by atoms with Gasteiger partial charge in [0.2, 0.25) is 16.7 Å². The molecule has 3 aromatic rings. The van der Waals surface area contributed by atoms with Crippen LogP contribution in [0.3, 0.4) is 0 Å². The van der Waals surface area contributed by atoms with Gasteiger partial charge in [0.05, 0.1) is 11.4 Å². The highest BCUT2D eigenvalue weighted by molar-refractivity contribution is 8.02. The second kappa shape index (κ2) is 8.57. The summed E-state index contributed by atoms with van der Waals surface area (Å²) in [7, 11) is 0. The molecule has 3 amide bonds. The molecule has 0 saturated carbocycles. The Bertz CT molecular complexity index is 1250. The van der Waals surface area contributed by atoms with Gasteiger partial charge in [-0.15, -0.1) is 11.8 Å². The van der Waals surface area contributed by atoms with Crippen molar-refractivity contribution in [1.29, 1.82) is 0 Å². The standard InChI is InChI=1S/C25H20ClN3O3S/c26-20-12-6-4-8-17(20)14-27-22(30)15-28-21-13-7-5-11-19(21)25(24(28)32)29(23(31)16-33-25)18-9-2-1-3-10-18/h1-13H,14-16H2,(H,27,30)/t25-/m1/s1. The number of nitrogens with one attached hydrogen (secondary N) is 1. The molecule has 3 aromatic carbocycles. The van der Waals surface area contributed by atoms with E-state index in [4.69, 9.17) is 11.6 Å². The van der Waals surface area contributed by atoms with Gasteiger partial charge in [-0.2, -0.15) is 0 Å². The van der Waals surface area contributed by atoms with Crippen LogP contribution in [0.15, 0.2) is 78.9 Å². The lowest BCUT2D eigenvalue weighted by molar-refractivity contribution is -0.125. The fraction of sp³-hybridized carbons (Fsp3) is 0.160. The molecule has 1 atom stereocenters. The molecule has 1 saturated heterocycles. The molecular weight excluding hydrogens is 458 g/mol. The van der Waals surface area contributed by atoms with Gasteiger partial charge >= 0.3 is 0 Å². The molecule has 166 valence electrons. The van der Waals surface area contributed by atoms with Gasteiger partial charge in [0.1, 0.15) is 6.54 Å². The first kappa shape index (κ1) is 21.6. The SMILES string of the molecule is O=C(CN1C(=O)[C@]2(SCC(=O)N2c2ccccc2)c2ccccc21)NCc1ccccc1Cl. The minimum atomic E-state index is -1.22. The first-order valence-corrected chi connectivity index (χ1v) is 11.8. The number of thioether (sulfide) groups is 1. The van der Waals surface area contributed by atoms with E-state index in [1.165, 1.54) is 16.7 Å². The van der Waals surface area contributed by atoms with Gasteiger partial charge in [0.15, 0.2) is 0 Å². The van der Waals surface area contributed by atoms with Crippen LogP contribution in [0.1, 0.15) is 11.1 Å². The van der Waals surface area contributed by atoms with E-state index in [-0.39, 0.29) is 36.6 Å². The first-order valence-electron chi connectivity index (χ1n) is 10.5. The molecule has 0 aromatic heterocycles. The van der Waals surface area contributed by atoms with Crippen LogP contribution >= 0.6 is 23.4 Å². The van der Waals surface area contributed by atoms with Gasteiger partial charge in [-0.25, -0.2) is 0 Å². The fourth-order valence-electron chi connectivity index (χ4n) is 4.32. The van der Waals surface area contributed by atoms with Gasteiger partial charge in [-0.1, -0.05) is 66.2 Å². The highest BCUT2D eigenvalue weighted by Gasteiger charge is 2.61. The molecule has 2 aliphatic rings. The van der Waals surface area contributed by atoms with Crippen LogP contribution in [0, 0.1) is 0 Å². The van der Waals surface area contributed by atoms with Crippen LogP contribution in [-0.2, 0) is 25.8 Å². The Labute approximate surface area is 200 Å². The van der Waals surface area contributed by atoms with Crippen molar-refractivity contribution in [3.05, 3.63) is 95.0 Å². The molecule has 2 aliphatic heterocycles. The summed E-state index contributed by atoms with van der Waals surface area (Å²) in [6.07, 6.45) is 0. The van der Waals surface area contributed by atoms with E-state index in [1.54, 1.807) is 11.0 Å². The van der Waals surface area contributed by atoms with E-state index < -0.39 is 4.87 Å². The molecule has 33 heavy (non-hydrogen) atoms. The highest BCUT2D eigenvalue weighted by Crippen LogP contribution is 2.55. The Kier molecular flexibility index (Phi) is 5.60. The molecule has 0 aliphatic carbocycles. The van der Waals surface area contributed by atoms with E-state index >= 15 is 0 Å². The van der Waals surface area contributed by atoms with E-state index in [2.05, 4.69) is 5.32 Å². The average Bonchev–Trinajstić information content (AvgIpc) is 3.30. The van der Waals surface area contributed by atoms with E-state index in [9.17, 15) is 14.4 Å². The van der Waals surface area contributed by atoms with Crippen LogP contribution in [0.2, 0.25) is 5.02 Å². The number of anilines is 2. The predicted molar refractivity (Wildman–Crippen MR) is 130 cm³/mol. The van der Waals surface area contributed by atoms with Crippen molar-refractivity contribution >= 4 is 52.5 Å². The summed E-state index contributed by atoms with van der Waals surface area (Å²) in [4.78, 5) is 41.5. The maximum absolute atomic E-state index is 13.9. The van der Waals surface area contributed by atoms with Gasteiger partial charge in [0, 0.05) is 22.8 Å². The molecule has 6 nitrogen and oxygen atoms in total. The van der Waals surface area contributed by atoms with Crippen LogP contribution in [0.4, 0.5) is 11.4 Å². The van der Waals surface area contributed by atoms with Crippen molar-refractivity contribution in [3.8, 4) is 0 Å². The Morgan fingerprint density at radius 3 is 2.45 bits per heavy atom. The lowest BCUT2D eigenvalue weighted by Crippen LogP contribution is -2.51. The zero-order chi connectivity index (χ0) is 23.0. The second-order valence-corrected chi connectivity index (χ2v) is 9.35. The topological polar surface area (TPSA) is 69.7 Å². The predicted octanol–water partition coefficient (Wildman–Crippen LogP) is 3.94. The molecule has 1 spiro atoms. The summed E-state index contributed by atoms with van der Waals surface area (Å²) in [6.45, 7) is 0.107. The minimum absolute atomic E-state index is 0.139. The van der Waals surface area contributed by atoms with E-state index in [0.29, 0.717) is 22.0 Å². The number of hydrogen-bond donors (Lipinski definition) is 1. The summed E-state index contributed by atoms with van der Waals surface area (Å²) in [5.41, 5.74) is 2.80. The largest absolute Gasteiger partial charge is 0.350 e. The van der Waals surface area contributed by atoms with Crippen molar-refractivity contribution in [2.24, 2.45) is 0 Å². The molecule has 2 heterocycles. The molecule has 8 heteroatoms. The van der Waals surface area contributed by atoms with Crippen LogP contribution < -0.4 is 15.1 Å². The zero-order valence-corrected chi connectivity index (χ0v) is 19.1. The van der Waals surface area contributed by atoms with Crippen molar-refractivity contribution in [2.75, 3.05) is 22.1 Å². The van der Waals surface area contributed by atoms with Crippen LogP contribution in [0.5, 0.6) is 0 Å². The normalized spacial score (nSPS) is 19.3. The molecule has 5 rings (SSSR count). The van der Waals surface area contributed by atoms with Gasteiger partial charge in [-0.05, 0) is 29.8 Å². The number of fused-ring (bicyclic) bond motifs is 2. The Hall–Kier alpha value is -3.29. The number of hydrogen-bond acceptors (Lipinski definition) is 4. The number of benzene rings is 3. The third-order valence-electron chi connectivity index (χ3n) is 5.81. The number of carbonyl (C=O) groups excluding carboxylic acids is 3. The summed E-state index contributed by atoms with van der Waals surface area (Å²) in [5.74, 6) is -0.562. The zero-order valence-electron chi connectivity index (χ0n) is 17.5. The summed E-state index contributed by atoms with van der Waals surface area (Å²) in [5, 5.41) is 3.41. The fourth-order valence-corrected chi connectivity index (χ4v) is 5.89. The number of rotatable bonds is 5. The average molecular weight is 478 g/mol. The smallest absolute Gasteiger partial charge is 0.269 e. The number of amides is 3. The summed E-state index contributed by atoms with van der Waals surface area (Å²) >= 11 is 7.48. The summed E-state index contributed by atoms with van der Waals surface area (Å²) < 4.78 is 0. The Morgan fingerprint density at radius 2 is 1.67 bits per heavy atom. The Balaban J connectivity index is 1.45. The van der Waals surface area contributed by atoms with Crippen LogP contribution in [0.25, 0.3) is 0 Å². The monoisotopic (exact) mass is 477 g/mol. The first-order chi connectivity index (χ1) is 16.0. The molecular formula is C25H20ClN3O3S. The quantitative estimate of drug-likeness (QED) is 0.604. The van der Waals surface area contributed by atoms with Crippen LogP contribution in [-0.4, -0.2) is 30.0 Å². The highest BCUT2D eigenvalue weighted by atomic mass is 35.5. The second-order valence-electron chi connectivity index (χ2n) is 7.77. The molecule has 1 N–H and O–H groups in total. The molecule has 1 fully saturated rings. The molecule has 0 bridgehead atoms. The number of nitrogens with zero attached hydrogens (tertiary/aromatic N) is 2. The van der Waals surface area contributed by atoms with Gasteiger partial charge < -0.3 is 5.32 Å². The number of para-hydroxylation sites is 2. The number of carbonyl (C=O) groups is 3. The van der Waals surface area contributed by atoms with Gasteiger partial charge in [-0.3, -0.25) is 24.2 Å². The number of halogens is 1. The van der Waals surface area contributed by atoms with E-state index in [0.717, 1.165) is 5.56 Å². The van der Waals surface area contributed by atoms with Crippen molar-refractivity contribution in [2.45, 2.75) is 11.4 Å². The van der Waals surface area contributed by atoms with Gasteiger partial charge in [0.25, 0.3) is 5.91 Å². The molecule has 0 unspecified atom stereocenters. The molecule has 0 radical (unpaired) electrons. The third-order valence-corrected chi connectivity index (χ3v) is 7.57. The third kappa shape index (κ3) is 3.57. The Morgan fingerprint density at radius 1 is 0.970 bits per heavy atom. The lowest BCUT2D eigenvalue weighted by atomic mass is 10.0. The maximum atomic E-state index is 13.9. The van der Waals surface area contributed by atoms with Crippen molar-refractivity contribution in [3.63, 3.8) is 0 Å².